The van der Waals surface area contributed by atoms with Gasteiger partial charge in [-0.25, -0.2) is 0 Å². The molecule has 2 nitrogen and oxygen atoms in total. The van der Waals surface area contributed by atoms with E-state index >= 15 is 0 Å². The summed E-state index contributed by atoms with van der Waals surface area (Å²) >= 11 is 0. The second-order valence-corrected chi connectivity index (χ2v) is 1.08. The molecular weight excluding hydrogens is 112 g/mol. The second-order valence-electron chi connectivity index (χ2n) is 1.08. The highest BCUT2D eigenvalue weighted by Crippen LogP contribution is 1.68. The highest BCUT2D eigenvalue weighted by molar-refractivity contribution is 5.59. The summed E-state index contributed by atoms with van der Waals surface area (Å²) in [7, 11) is 0. The van der Waals surface area contributed by atoms with Crippen molar-refractivity contribution in [3.63, 3.8) is 0 Å². The van der Waals surface area contributed by atoms with Gasteiger partial charge < -0.3 is 0 Å². The Labute approximate surface area is 57.7 Å². The van der Waals surface area contributed by atoms with Crippen LogP contribution in [-0.2, 0) is 0 Å². The second kappa shape index (κ2) is 15.7. The Bertz CT molecular complexity index is 75.0. The van der Waals surface area contributed by atoms with Gasteiger partial charge in [0.2, 0.25) is 0 Å². The molecule has 0 fully saturated rings. The van der Waals surface area contributed by atoms with E-state index < -0.39 is 0 Å². The normalized spacial score (nSPS) is 9.78. The van der Waals surface area contributed by atoms with Gasteiger partial charge >= 0.3 is 0 Å². The monoisotopic (exact) mass is 128 g/mol. The molecule has 2 heteroatoms. The van der Waals surface area contributed by atoms with Gasteiger partial charge in [0.25, 0.3) is 0 Å². The van der Waals surface area contributed by atoms with Gasteiger partial charge in [0.1, 0.15) is 0 Å². The van der Waals surface area contributed by atoms with E-state index in [4.69, 9.17) is 0 Å². The zero-order valence-electron chi connectivity index (χ0n) is 6.76. The van der Waals surface area contributed by atoms with Gasteiger partial charge in [0.15, 0.2) is 0 Å². The molecule has 0 aliphatic carbocycles. The van der Waals surface area contributed by atoms with Crippen molar-refractivity contribution in [1.29, 1.82) is 0 Å². The molecule has 0 heterocycles. The van der Waals surface area contributed by atoms with Gasteiger partial charge in [-0.1, -0.05) is 20.8 Å². The van der Waals surface area contributed by atoms with E-state index in [2.05, 4.69) is 10.2 Å². The number of rotatable bonds is 2. The molecule has 0 spiro atoms. The summed E-state index contributed by atoms with van der Waals surface area (Å²) in [6.07, 6.45) is 4.38. The molecule has 0 atom stereocenters. The predicted molar refractivity (Wildman–Crippen MR) is 44.3 cm³/mol. The average molecular weight is 128 g/mol. The fourth-order valence-electron chi connectivity index (χ4n) is 0.195. The summed E-state index contributed by atoms with van der Waals surface area (Å²) in [5.74, 6) is 0. The first kappa shape index (κ1) is 11.2. The van der Waals surface area contributed by atoms with Crippen molar-refractivity contribution in [3.8, 4) is 0 Å². The lowest BCUT2D eigenvalue weighted by molar-refractivity contribution is 1.21. The molecule has 9 heavy (non-hydrogen) atoms. The molecule has 0 rings (SSSR count). The summed E-state index contributed by atoms with van der Waals surface area (Å²) < 4.78 is 0. The van der Waals surface area contributed by atoms with Crippen LogP contribution < -0.4 is 0 Å². The molecule has 0 unspecified atom stereocenters. The molecule has 0 aromatic heterocycles. The van der Waals surface area contributed by atoms with Gasteiger partial charge in [-0.05, 0) is 13.3 Å². The van der Waals surface area contributed by atoms with Gasteiger partial charge in [-0.15, -0.1) is 0 Å². The molecule has 0 radical (unpaired) electrons. The first-order valence-electron chi connectivity index (χ1n) is 3.41. The Balaban J connectivity index is 0. The fraction of sp³-hybridized carbons (Fsp3) is 0.714. The lowest BCUT2D eigenvalue weighted by atomic mass is 10.6. The van der Waals surface area contributed by atoms with Crippen LogP contribution >= 0.6 is 0 Å². The lowest BCUT2D eigenvalue weighted by Gasteiger charge is -1.70. The molecule has 0 bridgehead atoms. The molecular formula is C7H16N2. The van der Waals surface area contributed by atoms with E-state index in [1.54, 1.807) is 12.4 Å². The Morgan fingerprint density at radius 3 is 2.11 bits per heavy atom. The van der Waals surface area contributed by atoms with Gasteiger partial charge in [0, 0.05) is 12.4 Å². The molecule has 54 valence electrons. The first-order valence-corrected chi connectivity index (χ1v) is 3.41. The zero-order chi connectivity index (χ0) is 7.54. The van der Waals surface area contributed by atoms with E-state index in [0.29, 0.717) is 0 Å². The van der Waals surface area contributed by atoms with Crippen molar-refractivity contribution in [2.24, 2.45) is 10.2 Å². The average Bonchev–Trinajstić information content (AvgIpc) is 1.94. The number of hydrogen-bond donors (Lipinski definition) is 0. The Morgan fingerprint density at radius 2 is 1.78 bits per heavy atom. The van der Waals surface area contributed by atoms with Crippen LogP contribution in [-0.4, -0.2) is 12.4 Å². The molecule has 0 saturated carbocycles. The van der Waals surface area contributed by atoms with Crippen LogP contribution in [0, 0.1) is 0 Å². The number of hydrogen-bond acceptors (Lipinski definition) is 2. The van der Waals surface area contributed by atoms with E-state index in [9.17, 15) is 0 Å². The molecule has 0 aromatic carbocycles. The molecule has 0 saturated heterocycles. The minimum Gasteiger partial charge on any atom is -0.164 e. The quantitative estimate of drug-likeness (QED) is 0.403. The molecule has 0 N–H and O–H groups in total. The van der Waals surface area contributed by atoms with Crippen LogP contribution in [0.2, 0.25) is 0 Å². The van der Waals surface area contributed by atoms with Crippen molar-refractivity contribution < 1.29 is 0 Å². The molecule has 0 aliphatic heterocycles. The van der Waals surface area contributed by atoms with Crippen molar-refractivity contribution in [2.45, 2.75) is 34.1 Å². The fourth-order valence-corrected chi connectivity index (χ4v) is 0.195. The van der Waals surface area contributed by atoms with E-state index in [1.807, 2.05) is 27.7 Å². The standard InChI is InChI=1S/C5H10N2.C2H6/c1-3-5-7-6-4-2;1-2/h4-5H,3H2,1-2H3;1-2H3/b6-4-,7-5-;. The SMILES string of the molecule is C/C=N\N=C/CC.CC. The van der Waals surface area contributed by atoms with E-state index in [0.717, 1.165) is 6.42 Å². The maximum atomic E-state index is 3.65. The molecule has 0 aromatic rings. The van der Waals surface area contributed by atoms with E-state index in [-0.39, 0.29) is 0 Å². The highest BCUT2D eigenvalue weighted by Gasteiger charge is 1.58. The topological polar surface area (TPSA) is 24.7 Å². The first-order chi connectivity index (χ1) is 4.41. The molecule has 0 amide bonds. The van der Waals surface area contributed by atoms with Crippen molar-refractivity contribution in [3.05, 3.63) is 0 Å². The Hall–Kier alpha value is -0.660. The lowest BCUT2D eigenvalue weighted by Crippen LogP contribution is -1.63. The highest BCUT2D eigenvalue weighted by atomic mass is 15.2. The summed E-state index contributed by atoms with van der Waals surface area (Å²) in [6, 6.07) is 0. The minimum absolute atomic E-state index is 0.956. The van der Waals surface area contributed by atoms with Crippen LogP contribution in [0.15, 0.2) is 10.2 Å². The zero-order valence-corrected chi connectivity index (χ0v) is 6.76. The van der Waals surface area contributed by atoms with E-state index in [1.165, 1.54) is 0 Å². The third-order valence-electron chi connectivity index (χ3n) is 0.446. The summed E-state index contributed by atoms with van der Waals surface area (Å²) in [6.45, 7) is 7.86. The van der Waals surface area contributed by atoms with Crippen LogP contribution in [0.1, 0.15) is 34.1 Å². The third-order valence-corrected chi connectivity index (χ3v) is 0.446. The van der Waals surface area contributed by atoms with Crippen LogP contribution in [0.25, 0.3) is 0 Å². The number of nitrogens with zero attached hydrogens (tertiary/aromatic N) is 2. The largest absolute Gasteiger partial charge is 0.164 e. The maximum Gasteiger partial charge on any atom is 0.0267 e. The summed E-state index contributed by atoms with van der Waals surface area (Å²) in [5.41, 5.74) is 0. The van der Waals surface area contributed by atoms with Crippen molar-refractivity contribution in [2.75, 3.05) is 0 Å². The smallest absolute Gasteiger partial charge is 0.0267 e. The minimum atomic E-state index is 0.956. The Kier molecular flexibility index (Phi) is 19.5. The van der Waals surface area contributed by atoms with Crippen molar-refractivity contribution in [1.82, 2.24) is 0 Å². The van der Waals surface area contributed by atoms with Gasteiger partial charge in [-0.2, -0.15) is 10.2 Å². The van der Waals surface area contributed by atoms with Gasteiger partial charge in [0.05, 0.1) is 0 Å². The predicted octanol–water partition coefficient (Wildman–Crippen LogP) is 2.50. The van der Waals surface area contributed by atoms with Crippen molar-refractivity contribution >= 4 is 12.4 Å². The maximum absolute atomic E-state index is 3.65. The van der Waals surface area contributed by atoms with Gasteiger partial charge in [-0.3, -0.25) is 0 Å². The summed E-state index contributed by atoms with van der Waals surface area (Å²) in [4.78, 5) is 0. The summed E-state index contributed by atoms with van der Waals surface area (Å²) in [5, 5.41) is 7.26. The van der Waals surface area contributed by atoms with Crippen LogP contribution in [0.4, 0.5) is 0 Å². The van der Waals surface area contributed by atoms with Crippen LogP contribution in [0.3, 0.4) is 0 Å². The van der Waals surface area contributed by atoms with Crippen LogP contribution in [0.5, 0.6) is 0 Å². The third kappa shape index (κ3) is 18.8. The Morgan fingerprint density at radius 1 is 1.22 bits per heavy atom. The molecule has 0 aliphatic rings.